The van der Waals surface area contributed by atoms with Crippen LogP contribution in [0.1, 0.15) is 84.7 Å². The Morgan fingerprint density at radius 1 is 1.02 bits per heavy atom. The van der Waals surface area contributed by atoms with Crippen molar-refractivity contribution >= 4 is 45.5 Å². The average Bonchev–Trinajstić information content (AvgIpc) is 3.73. The molecule has 300 valence electrons. The molecule has 57 heavy (non-hydrogen) atoms. The molecule has 1 aliphatic carbocycles. The second-order valence-electron chi connectivity index (χ2n) is 15.2. The van der Waals surface area contributed by atoms with Crippen LogP contribution < -0.4 is 21.1 Å². The summed E-state index contributed by atoms with van der Waals surface area (Å²) in [5.41, 5.74) is 0.429. The average molecular weight is 792 g/mol. The summed E-state index contributed by atoms with van der Waals surface area (Å²) in [6.45, 7) is 1.73. The highest BCUT2D eigenvalue weighted by Crippen LogP contribution is 2.39. The van der Waals surface area contributed by atoms with Crippen LogP contribution in [0.5, 0.6) is 5.88 Å². The van der Waals surface area contributed by atoms with Crippen LogP contribution in [0.2, 0.25) is 0 Å². The molecule has 0 radical (unpaired) electrons. The standard InChI is InChI=1S/C39H41F4N9O5/c1-49-34-25(5-3-7-28(34)52(38(49)56)29-13-14-32(53)47-36(29)55)24-15-16-50(20-26(24)40)18-21-9-11-23(12-10-21)51-19-22-17-31(46-37(57-2)33(22)48-51)45-35(54)27-6-4-8-30(44-27)39(41,42)43/h3-8,17,19,21,23-24,26,29H,9-16,18,20H2,1-2H3,(H,45,54)(H,47,53,55)/t21-,23-,24-,26+,29?/m1/s1. The fraction of sp³-hybridized carbons (Fsp3) is 0.462. The lowest BCUT2D eigenvalue weighted by molar-refractivity contribution is -0.141. The van der Waals surface area contributed by atoms with E-state index in [9.17, 15) is 32.3 Å². The summed E-state index contributed by atoms with van der Waals surface area (Å²) in [6.07, 6.45) is 0.426. The summed E-state index contributed by atoms with van der Waals surface area (Å²) >= 11 is 0. The molecule has 8 rings (SSSR count). The number of pyridine rings is 2. The van der Waals surface area contributed by atoms with Crippen LogP contribution in [-0.2, 0) is 22.8 Å². The highest BCUT2D eigenvalue weighted by molar-refractivity contribution is 6.03. The number of imide groups is 1. The number of likely N-dealkylation sites (tertiary alicyclic amines) is 1. The number of alkyl halides is 4. The molecular formula is C39H41F4N9O5. The molecule has 3 fully saturated rings. The van der Waals surface area contributed by atoms with Crippen molar-refractivity contribution in [1.29, 1.82) is 0 Å². The number of benzene rings is 1. The number of ether oxygens (including phenoxy) is 1. The van der Waals surface area contributed by atoms with Crippen LogP contribution in [0, 0.1) is 5.92 Å². The van der Waals surface area contributed by atoms with Crippen molar-refractivity contribution in [2.24, 2.45) is 13.0 Å². The van der Waals surface area contributed by atoms with E-state index in [4.69, 9.17) is 9.84 Å². The van der Waals surface area contributed by atoms with Crippen molar-refractivity contribution in [2.45, 2.75) is 75.3 Å². The van der Waals surface area contributed by atoms with Crippen molar-refractivity contribution in [3.05, 3.63) is 76.1 Å². The normalized spacial score (nSPS) is 23.5. The molecule has 2 saturated heterocycles. The van der Waals surface area contributed by atoms with Gasteiger partial charge in [-0.1, -0.05) is 18.2 Å². The molecule has 5 aromatic rings. The highest BCUT2D eigenvalue weighted by atomic mass is 19.4. The number of halogens is 4. The van der Waals surface area contributed by atoms with Gasteiger partial charge in [0.25, 0.3) is 5.91 Å². The van der Waals surface area contributed by atoms with Crippen molar-refractivity contribution in [3.8, 4) is 5.88 Å². The molecular weight excluding hydrogens is 750 g/mol. The van der Waals surface area contributed by atoms with Crippen LogP contribution in [-0.4, -0.2) is 84.4 Å². The van der Waals surface area contributed by atoms with Crippen LogP contribution in [0.3, 0.4) is 0 Å². The van der Waals surface area contributed by atoms with Gasteiger partial charge in [-0.15, -0.1) is 0 Å². The molecule has 0 spiro atoms. The molecule has 18 heteroatoms. The van der Waals surface area contributed by atoms with Gasteiger partial charge < -0.3 is 15.0 Å². The maximum Gasteiger partial charge on any atom is 0.433 e. The largest absolute Gasteiger partial charge is 0.479 e. The van der Waals surface area contributed by atoms with Gasteiger partial charge in [-0.3, -0.25) is 33.5 Å². The predicted octanol–water partition coefficient (Wildman–Crippen LogP) is 5.30. The number of hydrogen-bond donors (Lipinski definition) is 2. The smallest absolute Gasteiger partial charge is 0.433 e. The molecule has 3 atom stereocenters. The Morgan fingerprint density at radius 2 is 1.79 bits per heavy atom. The van der Waals surface area contributed by atoms with Crippen LogP contribution in [0.4, 0.5) is 23.4 Å². The minimum absolute atomic E-state index is 0.0770. The van der Waals surface area contributed by atoms with Gasteiger partial charge in [-0.05, 0) is 80.8 Å². The Morgan fingerprint density at radius 3 is 2.51 bits per heavy atom. The van der Waals surface area contributed by atoms with Gasteiger partial charge >= 0.3 is 11.9 Å². The van der Waals surface area contributed by atoms with E-state index in [1.165, 1.54) is 22.3 Å². The van der Waals surface area contributed by atoms with E-state index in [2.05, 4.69) is 25.5 Å². The van der Waals surface area contributed by atoms with E-state index < -0.39 is 47.5 Å². The molecule has 1 saturated carbocycles. The third-order valence-electron chi connectivity index (χ3n) is 11.6. The number of carbonyl (C=O) groups excluding carboxylic acids is 3. The maximum atomic E-state index is 16.1. The van der Waals surface area contributed by atoms with Gasteiger partial charge in [0.2, 0.25) is 17.7 Å². The Kier molecular flexibility index (Phi) is 10.1. The number of piperidine rings is 2. The minimum atomic E-state index is -4.70. The molecule has 1 unspecified atom stereocenters. The first-order valence-corrected chi connectivity index (χ1v) is 19.0. The van der Waals surface area contributed by atoms with Gasteiger partial charge in [0.05, 0.1) is 24.2 Å². The van der Waals surface area contributed by atoms with E-state index in [1.807, 2.05) is 16.9 Å². The van der Waals surface area contributed by atoms with Crippen molar-refractivity contribution in [3.63, 3.8) is 0 Å². The number of anilines is 1. The third-order valence-corrected chi connectivity index (χ3v) is 11.6. The summed E-state index contributed by atoms with van der Waals surface area (Å²) in [5, 5.41) is 10.2. The second-order valence-corrected chi connectivity index (χ2v) is 15.2. The molecule has 1 aromatic carbocycles. The molecule has 2 aliphatic heterocycles. The number of fused-ring (bicyclic) bond motifs is 2. The van der Waals surface area contributed by atoms with Crippen LogP contribution in [0.15, 0.2) is 53.5 Å². The zero-order valence-corrected chi connectivity index (χ0v) is 31.3. The number of aromatic nitrogens is 6. The van der Waals surface area contributed by atoms with E-state index in [0.717, 1.165) is 49.9 Å². The number of carbonyl (C=O) groups is 3. The van der Waals surface area contributed by atoms with Gasteiger partial charge in [-0.25, -0.2) is 14.2 Å². The molecule has 2 N–H and O–H groups in total. The van der Waals surface area contributed by atoms with Gasteiger partial charge in [0.1, 0.15) is 29.4 Å². The third kappa shape index (κ3) is 7.37. The minimum Gasteiger partial charge on any atom is -0.479 e. The van der Waals surface area contributed by atoms with E-state index >= 15 is 4.39 Å². The number of para-hydroxylation sites is 1. The number of rotatable bonds is 8. The SMILES string of the molecule is COc1nc(NC(=O)c2cccc(C(F)(F)F)n2)cc2cn([C@H]3CC[C@H](CN4CC[C@H](c5cccc6c5n(C)c(=O)n6C5CCC(=O)NC5=O)[C@@H](F)C4)CC3)nc12. The lowest BCUT2D eigenvalue weighted by Gasteiger charge is -2.38. The monoisotopic (exact) mass is 791 g/mol. The van der Waals surface area contributed by atoms with Gasteiger partial charge in [0, 0.05) is 44.1 Å². The van der Waals surface area contributed by atoms with Gasteiger partial charge in [-0.2, -0.15) is 23.3 Å². The zero-order valence-electron chi connectivity index (χ0n) is 31.3. The Labute approximate surface area is 323 Å². The van der Waals surface area contributed by atoms with Crippen molar-refractivity contribution in [2.75, 3.05) is 32.1 Å². The van der Waals surface area contributed by atoms with Crippen LogP contribution >= 0.6 is 0 Å². The van der Waals surface area contributed by atoms with E-state index in [1.54, 1.807) is 25.2 Å². The molecule has 6 heterocycles. The molecule has 3 aliphatic rings. The zero-order chi connectivity index (χ0) is 40.2. The summed E-state index contributed by atoms with van der Waals surface area (Å²) in [7, 11) is 3.05. The number of methoxy groups -OCH3 is 1. The van der Waals surface area contributed by atoms with Gasteiger partial charge in [0.15, 0.2) is 5.52 Å². The maximum absolute atomic E-state index is 16.1. The Bertz CT molecular complexity index is 2430. The number of nitrogens with one attached hydrogen (secondary N) is 2. The molecule has 0 bridgehead atoms. The summed E-state index contributed by atoms with van der Waals surface area (Å²) < 4.78 is 65.8. The van der Waals surface area contributed by atoms with Crippen molar-refractivity contribution in [1.82, 2.24) is 39.1 Å². The Balaban J connectivity index is 0.895. The van der Waals surface area contributed by atoms with Crippen molar-refractivity contribution < 1.29 is 36.7 Å². The lowest BCUT2D eigenvalue weighted by Crippen LogP contribution is -2.44. The fourth-order valence-electron chi connectivity index (χ4n) is 8.75. The number of nitrogens with zero attached hydrogens (tertiary/aromatic N) is 7. The fourth-order valence-corrected chi connectivity index (χ4v) is 8.75. The summed E-state index contributed by atoms with van der Waals surface area (Å²) in [5.74, 6) is -1.55. The molecule has 3 amide bonds. The first-order chi connectivity index (χ1) is 27.3. The number of imidazole rings is 1. The summed E-state index contributed by atoms with van der Waals surface area (Å²) in [6, 6.07) is 9.38. The first kappa shape index (κ1) is 38.2. The topological polar surface area (TPSA) is 158 Å². The lowest BCUT2D eigenvalue weighted by atomic mass is 9.83. The number of amides is 3. The van der Waals surface area contributed by atoms with Crippen LogP contribution in [0.25, 0.3) is 21.9 Å². The number of aryl methyl sites for hydroxylation is 1. The van der Waals surface area contributed by atoms with E-state index in [-0.39, 0.29) is 48.7 Å². The van der Waals surface area contributed by atoms with E-state index in [0.29, 0.717) is 40.8 Å². The quantitative estimate of drug-likeness (QED) is 0.157. The summed E-state index contributed by atoms with van der Waals surface area (Å²) in [4.78, 5) is 60.6. The predicted molar refractivity (Wildman–Crippen MR) is 200 cm³/mol. The molecule has 14 nitrogen and oxygen atoms in total. The highest BCUT2D eigenvalue weighted by Gasteiger charge is 2.37. The molecule has 4 aromatic heterocycles. The number of hydrogen-bond acceptors (Lipinski definition) is 9. The first-order valence-electron chi connectivity index (χ1n) is 19.0. The Hall–Kier alpha value is -5.65. The second kappa shape index (κ2) is 15.0.